The summed E-state index contributed by atoms with van der Waals surface area (Å²) in [7, 11) is 0. The highest BCUT2D eigenvalue weighted by Gasteiger charge is 1.94. The number of halogens is 1. The van der Waals surface area contributed by atoms with Crippen molar-refractivity contribution in [2.45, 2.75) is 37.3 Å². The van der Waals surface area contributed by atoms with Gasteiger partial charge in [0.1, 0.15) is 0 Å². The molecule has 0 N–H and O–H groups in total. The van der Waals surface area contributed by atoms with Crippen LogP contribution in [-0.2, 0) is 4.74 Å². The fraction of sp³-hybridized carbons (Fsp3) is 0.818. The minimum absolute atomic E-state index is 0.617. The third kappa shape index (κ3) is 12.3. The number of ether oxygens (including phenoxy) is 1. The van der Waals surface area contributed by atoms with E-state index in [1.165, 1.54) is 12.8 Å². The summed E-state index contributed by atoms with van der Waals surface area (Å²) in [5, 5.41) is 0. The second kappa shape index (κ2) is 11.4. The van der Waals surface area contributed by atoms with Crippen LogP contribution in [0.1, 0.15) is 25.7 Å². The molecule has 1 aliphatic rings. The SMILES string of the molecule is C1CCOC1.[CH3][Al]([CH3])[C]#CCCCCl. The van der Waals surface area contributed by atoms with Crippen molar-refractivity contribution in [1.82, 2.24) is 0 Å². The average Bonchev–Trinajstić information content (AvgIpc) is 2.70. The molecule has 0 aromatic carbocycles. The Morgan fingerprint density at radius 3 is 2.29 bits per heavy atom. The standard InChI is InChI=1S/C5H6Cl.C4H8O.2CH3.Al/c1-2-3-4-5-6;1-2-4-5-3-1;;;/h3-5H2;1-4H2;2*1H3;. The van der Waals surface area contributed by atoms with Gasteiger partial charge in [-0.05, 0) is 19.3 Å². The molecule has 80 valence electrons. The molecule has 0 bridgehead atoms. The van der Waals surface area contributed by atoms with Gasteiger partial charge in [-0.25, -0.2) is 4.78 Å². The number of hydrogen-bond acceptors (Lipinski definition) is 1. The summed E-state index contributed by atoms with van der Waals surface area (Å²) >= 11 is 4.84. The van der Waals surface area contributed by atoms with E-state index in [2.05, 4.69) is 22.3 Å². The second-order valence-corrected chi connectivity index (χ2v) is 6.56. The molecular formula is C11H20AlClO. The van der Waals surface area contributed by atoms with Crippen molar-refractivity contribution < 1.29 is 4.74 Å². The molecule has 0 amide bonds. The maximum atomic E-state index is 5.46. The minimum Gasteiger partial charge on any atom is -0.381 e. The molecule has 14 heavy (non-hydrogen) atoms. The van der Waals surface area contributed by atoms with Crippen molar-refractivity contribution in [2.75, 3.05) is 19.1 Å². The molecule has 0 aliphatic carbocycles. The van der Waals surface area contributed by atoms with Crippen molar-refractivity contribution in [3.8, 4) is 10.7 Å². The summed E-state index contributed by atoms with van der Waals surface area (Å²) in [6.45, 7) is 2.00. The average molecular weight is 231 g/mol. The zero-order chi connectivity index (χ0) is 10.6. The van der Waals surface area contributed by atoms with Crippen molar-refractivity contribution >= 4 is 25.7 Å². The molecule has 1 heterocycles. The molecule has 1 fully saturated rings. The lowest BCUT2D eigenvalue weighted by molar-refractivity contribution is 0.198. The molecule has 0 atom stereocenters. The van der Waals surface area contributed by atoms with Gasteiger partial charge in [-0.3, -0.25) is 0 Å². The molecular weight excluding hydrogens is 211 g/mol. The van der Waals surface area contributed by atoms with E-state index < -0.39 is 14.1 Å². The Hall–Kier alpha value is 0.342. The van der Waals surface area contributed by atoms with E-state index >= 15 is 0 Å². The normalized spacial score (nSPS) is 13.6. The Morgan fingerprint density at radius 1 is 1.29 bits per heavy atom. The first-order chi connectivity index (χ1) is 6.77. The Morgan fingerprint density at radius 2 is 1.93 bits per heavy atom. The summed E-state index contributed by atoms with van der Waals surface area (Å²) < 4.78 is 4.94. The molecule has 1 aliphatic heterocycles. The monoisotopic (exact) mass is 230 g/mol. The van der Waals surface area contributed by atoms with Crippen LogP contribution in [0.2, 0.25) is 11.6 Å². The van der Waals surface area contributed by atoms with E-state index in [0.29, 0.717) is 0 Å². The van der Waals surface area contributed by atoms with Gasteiger partial charge in [-0.2, -0.15) is 0 Å². The molecule has 0 radical (unpaired) electrons. The lowest BCUT2D eigenvalue weighted by Crippen LogP contribution is -1.92. The molecule has 1 saturated heterocycles. The number of unbranched alkanes of at least 4 members (excludes halogenated alkanes) is 1. The third-order valence-corrected chi connectivity index (χ3v) is 2.70. The zero-order valence-electron chi connectivity index (χ0n) is 9.31. The van der Waals surface area contributed by atoms with Crippen LogP contribution in [-0.4, -0.2) is 33.2 Å². The van der Waals surface area contributed by atoms with Crippen LogP contribution in [0.15, 0.2) is 0 Å². The maximum absolute atomic E-state index is 5.46. The van der Waals surface area contributed by atoms with Crippen LogP contribution in [0.4, 0.5) is 0 Å². The van der Waals surface area contributed by atoms with Gasteiger partial charge in [0.05, 0.1) is 0 Å². The summed E-state index contributed by atoms with van der Waals surface area (Å²) in [5.41, 5.74) is 0. The van der Waals surface area contributed by atoms with Gasteiger partial charge in [0, 0.05) is 25.5 Å². The zero-order valence-corrected chi connectivity index (χ0v) is 11.2. The molecule has 1 rings (SSSR count). The number of rotatable bonds is 2. The Labute approximate surface area is 97.6 Å². The summed E-state index contributed by atoms with van der Waals surface area (Å²) in [6.07, 6.45) is 4.57. The Kier molecular flexibility index (Phi) is 11.7. The van der Waals surface area contributed by atoms with E-state index in [4.69, 9.17) is 16.3 Å². The van der Waals surface area contributed by atoms with Crippen molar-refractivity contribution in [1.29, 1.82) is 0 Å². The summed E-state index contributed by atoms with van der Waals surface area (Å²) in [6, 6.07) is 0. The third-order valence-electron chi connectivity index (χ3n) is 1.65. The molecule has 0 aromatic rings. The van der Waals surface area contributed by atoms with Gasteiger partial charge in [-0.15, -0.1) is 17.5 Å². The van der Waals surface area contributed by atoms with Crippen molar-refractivity contribution in [3.63, 3.8) is 0 Å². The molecule has 1 nitrogen and oxygen atoms in total. The van der Waals surface area contributed by atoms with Crippen LogP contribution in [0.25, 0.3) is 0 Å². The minimum atomic E-state index is -0.617. The van der Waals surface area contributed by atoms with Crippen LogP contribution in [0, 0.1) is 10.7 Å². The number of alkyl halides is 1. The van der Waals surface area contributed by atoms with Crippen molar-refractivity contribution in [3.05, 3.63) is 0 Å². The van der Waals surface area contributed by atoms with E-state index in [9.17, 15) is 0 Å². The van der Waals surface area contributed by atoms with Crippen LogP contribution in [0.3, 0.4) is 0 Å². The Balaban J connectivity index is 0.000000280. The fourth-order valence-electron chi connectivity index (χ4n) is 0.942. The fourth-order valence-corrected chi connectivity index (χ4v) is 1.63. The van der Waals surface area contributed by atoms with Crippen LogP contribution >= 0.6 is 11.6 Å². The van der Waals surface area contributed by atoms with Crippen LogP contribution in [0.5, 0.6) is 0 Å². The largest absolute Gasteiger partial charge is 0.381 e. The van der Waals surface area contributed by atoms with Gasteiger partial charge in [0.25, 0.3) is 0 Å². The van der Waals surface area contributed by atoms with Gasteiger partial charge in [-0.1, -0.05) is 11.6 Å². The van der Waals surface area contributed by atoms with Crippen molar-refractivity contribution in [2.24, 2.45) is 0 Å². The quantitative estimate of drug-likeness (QED) is 0.307. The summed E-state index contributed by atoms with van der Waals surface area (Å²) in [4.78, 5) is 3.21. The number of hydrogen-bond donors (Lipinski definition) is 0. The van der Waals surface area contributed by atoms with E-state index in [1.807, 2.05) is 0 Å². The van der Waals surface area contributed by atoms with Gasteiger partial charge >= 0.3 is 14.1 Å². The lowest BCUT2D eigenvalue weighted by Gasteiger charge is -1.82. The second-order valence-electron chi connectivity index (χ2n) is 3.59. The predicted molar refractivity (Wildman–Crippen MR) is 65.3 cm³/mol. The first kappa shape index (κ1) is 14.3. The molecule has 0 saturated carbocycles. The van der Waals surface area contributed by atoms with E-state index in [1.54, 1.807) is 0 Å². The van der Waals surface area contributed by atoms with Gasteiger partial charge in [0.2, 0.25) is 0 Å². The van der Waals surface area contributed by atoms with E-state index in [0.717, 1.165) is 31.9 Å². The Bertz CT molecular complexity index is 160. The molecule has 0 unspecified atom stereocenters. The van der Waals surface area contributed by atoms with Gasteiger partial charge in [0.15, 0.2) is 0 Å². The smallest absolute Gasteiger partial charge is 0.369 e. The predicted octanol–water partition coefficient (Wildman–Crippen LogP) is 3.10. The summed E-state index contributed by atoms with van der Waals surface area (Å²) in [5.74, 6) is 8.32. The molecule has 0 aromatic heterocycles. The highest BCUT2D eigenvalue weighted by atomic mass is 35.5. The highest BCUT2D eigenvalue weighted by Crippen LogP contribution is 1.98. The molecule has 0 spiro atoms. The first-order valence-corrected chi connectivity index (χ1v) is 8.81. The van der Waals surface area contributed by atoms with E-state index in [-0.39, 0.29) is 0 Å². The topological polar surface area (TPSA) is 9.23 Å². The highest BCUT2D eigenvalue weighted by molar-refractivity contribution is 6.64. The molecule has 3 heteroatoms. The van der Waals surface area contributed by atoms with Gasteiger partial charge < -0.3 is 4.74 Å². The van der Waals surface area contributed by atoms with Crippen LogP contribution < -0.4 is 0 Å². The lowest BCUT2D eigenvalue weighted by atomic mass is 10.4. The first-order valence-electron chi connectivity index (χ1n) is 5.39. The maximum Gasteiger partial charge on any atom is 0.369 e.